The summed E-state index contributed by atoms with van der Waals surface area (Å²) in [5, 5.41) is 4.14. The second kappa shape index (κ2) is 9.17. The van der Waals surface area contributed by atoms with Crippen molar-refractivity contribution in [1.29, 1.82) is 0 Å². The Kier molecular flexibility index (Phi) is 6.64. The molecule has 0 unspecified atom stereocenters. The van der Waals surface area contributed by atoms with Crippen molar-refractivity contribution in [3.63, 3.8) is 0 Å². The molecule has 1 fully saturated rings. The number of methoxy groups -OCH3 is 1. The first kappa shape index (κ1) is 21.0. The van der Waals surface area contributed by atoms with Gasteiger partial charge in [-0.3, -0.25) is 9.69 Å². The Morgan fingerprint density at radius 2 is 1.83 bits per heavy atom. The van der Waals surface area contributed by atoms with Crippen LogP contribution >= 0.6 is 0 Å². The Hall–Kier alpha value is -2.74. The lowest BCUT2D eigenvalue weighted by Gasteiger charge is -2.33. The van der Waals surface area contributed by atoms with Crippen LogP contribution < -0.4 is 5.32 Å². The van der Waals surface area contributed by atoms with Crippen LogP contribution in [-0.4, -0.2) is 71.0 Å². The minimum atomic E-state index is -0.495. The second-order valence-corrected chi connectivity index (χ2v) is 7.68. The molecular formula is C21H29N5O3. The van der Waals surface area contributed by atoms with Crippen molar-refractivity contribution in [3.8, 4) is 0 Å². The highest BCUT2D eigenvalue weighted by atomic mass is 16.5. The van der Waals surface area contributed by atoms with Crippen LogP contribution in [0.1, 0.15) is 26.6 Å². The number of hydrogen-bond acceptors (Lipinski definition) is 7. The number of amides is 1. The quantitative estimate of drug-likeness (QED) is 0.742. The molecule has 1 aliphatic heterocycles. The standard InChI is InChI=1S/C21H29N5O3/c1-14(2)19(21(28)29-4)24-20-16-7-5-6-8-17(16)22-18(23-20)13-25-9-11-26(12-10-25)15(3)27/h5-8,14,19H,9-13H2,1-4H3,(H,22,23,24)/t19-/m0/s1. The largest absolute Gasteiger partial charge is 0.467 e. The number of aromatic nitrogens is 2. The monoisotopic (exact) mass is 399 g/mol. The fourth-order valence-electron chi connectivity index (χ4n) is 3.50. The topological polar surface area (TPSA) is 87.7 Å². The van der Waals surface area contributed by atoms with Crippen LogP contribution in [0.4, 0.5) is 5.82 Å². The van der Waals surface area contributed by atoms with Crippen LogP contribution in [0.15, 0.2) is 24.3 Å². The third kappa shape index (κ3) is 5.00. The highest BCUT2D eigenvalue weighted by Gasteiger charge is 2.25. The highest BCUT2D eigenvalue weighted by molar-refractivity contribution is 5.91. The molecule has 1 aromatic heterocycles. The van der Waals surface area contributed by atoms with E-state index in [0.717, 1.165) is 24.0 Å². The number of fused-ring (bicyclic) bond motifs is 1. The molecule has 0 saturated carbocycles. The van der Waals surface area contributed by atoms with Crippen LogP contribution in [0.3, 0.4) is 0 Å². The predicted octanol–water partition coefficient (Wildman–Crippen LogP) is 1.90. The minimum Gasteiger partial charge on any atom is -0.467 e. The molecule has 29 heavy (non-hydrogen) atoms. The smallest absolute Gasteiger partial charge is 0.328 e. The third-order valence-electron chi connectivity index (χ3n) is 5.25. The summed E-state index contributed by atoms with van der Waals surface area (Å²) in [6.45, 7) is 9.13. The number of benzene rings is 1. The molecule has 2 heterocycles. The molecule has 1 amide bonds. The van der Waals surface area contributed by atoms with E-state index in [9.17, 15) is 9.59 Å². The zero-order valence-electron chi connectivity index (χ0n) is 17.5. The number of esters is 1. The molecule has 8 nitrogen and oxygen atoms in total. The molecular weight excluding hydrogens is 370 g/mol. The van der Waals surface area contributed by atoms with Gasteiger partial charge >= 0.3 is 5.97 Å². The molecule has 1 aliphatic rings. The fourth-order valence-corrected chi connectivity index (χ4v) is 3.50. The molecule has 8 heteroatoms. The van der Waals surface area contributed by atoms with Crippen LogP contribution in [0, 0.1) is 5.92 Å². The Balaban J connectivity index is 1.84. The number of nitrogens with zero attached hydrogens (tertiary/aromatic N) is 4. The maximum atomic E-state index is 12.2. The lowest BCUT2D eigenvalue weighted by Crippen LogP contribution is -2.47. The summed E-state index contributed by atoms with van der Waals surface area (Å²) in [4.78, 5) is 37.3. The highest BCUT2D eigenvalue weighted by Crippen LogP contribution is 2.23. The first-order chi connectivity index (χ1) is 13.9. The summed E-state index contributed by atoms with van der Waals surface area (Å²) in [7, 11) is 1.39. The van der Waals surface area contributed by atoms with E-state index in [1.807, 2.05) is 43.0 Å². The maximum Gasteiger partial charge on any atom is 0.328 e. The molecule has 156 valence electrons. The van der Waals surface area contributed by atoms with E-state index in [0.29, 0.717) is 31.3 Å². The van der Waals surface area contributed by atoms with Gasteiger partial charge in [0.2, 0.25) is 5.91 Å². The van der Waals surface area contributed by atoms with Crippen molar-refractivity contribution in [2.75, 3.05) is 38.6 Å². The molecule has 0 bridgehead atoms. The van der Waals surface area contributed by atoms with Crippen molar-refractivity contribution in [2.45, 2.75) is 33.4 Å². The first-order valence-electron chi connectivity index (χ1n) is 9.97. The maximum absolute atomic E-state index is 12.2. The number of ether oxygens (including phenoxy) is 1. The zero-order valence-corrected chi connectivity index (χ0v) is 17.5. The van der Waals surface area contributed by atoms with Crippen molar-refractivity contribution < 1.29 is 14.3 Å². The van der Waals surface area contributed by atoms with Crippen molar-refractivity contribution in [3.05, 3.63) is 30.1 Å². The van der Waals surface area contributed by atoms with Gasteiger partial charge < -0.3 is 15.0 Å². The number of hydrogen-bond donors (Lipinski definition) is 1. The van der Waals surface area contributed by atoms with E-state index in [4.69, 9.17) is 14.7 Å². The van der Waals surface area contributed by atoms with Gasteiger partial charge in [-0.1, -0.05) is 26.0 Å². The van der Waals surface area contributed by atoms with Crippen LogP contribution in [0.25, 0.3) is 10.9 Å². The van der Waals surface area contributed by atoms with Gasteiger partial charge in [0, 0.05) is 38.5 Å². The van der Waals surface area contributed by atoms with Crippen molar-refractivity contribution in [1.82, 2.24) is 19.8 Å². The van der Waals surface area contributed by atoms with Gasteiger partial charge in [-0.05, 0) is 18.1 Å². The molecule has 0 aliphatic carbocycles. The van der Waals surface area contributed by atoms with E-state index in [2.05, 4.69) is 10.2 Å². The summed E-state index contributed by atoms with van der Waals surface area (Å²) >= 11 is 0. The van der Waals surface area contributed by atoms with Gasteiger partial charge in [-0.25, -0.2) is 14.8 Å². The molecule has 1 atom stereocenters. The lowest BCUT2D eigenvalue weighted by molar-refractivity contribution is -0.142. The number of rotatable bonds is 6. The molecule has 1 saturated heterocycles. The average Bonchev–Trinajstić information content (AvgIpc) is 2.71. The molecule has 1 aromatic carbocycles. The van der Waals surface area contributed by atoms with Crippen molar-refractivity contribution >= 4 is 28.6 Å². The van der Waals surface area contributed by atoms with E-state index in [1.54, 1.807) is 6.92 Å². The second-order valence-electron chi connectivity index (χ2n) is 7.68. The number of nitrogens with one attached hydrogen (secondary N) is 1. The van der Waals surface area contributed by atoms with Crippen molar-refractivity contribution in [2.24, 2.45) is 5.92 Å². The summed E-state index contributed by atoms with van der Waals surface area (Å²) in [6, 6.07) is 7.27. The Morgan fingerprint density at radius 1 is 1.14 bits per heavy atom. The van der Waals surface area contributed by atoms with E-state index in [-0.39, 0.29) is 17.8 Å². The first-order valence-corrected chi connectivity index (χ1v) is 9.97. The third-order valence-corrected chi connectivity index (χ3v) is 5.25. The summed E-state index contributed by atoms with van der Waals surface area (Å²) in [5.41, 5.74) is 0.828. The van der Waals surface area contributed by atoms with Gasteiger partial charge in [0.1, 0.15) is 17.7 Å². The zero-order chi connectivity index (χ0) is 21.0. The molecule has 0 spiro atoms. The van der Waals surface area contributed by atoms with Gasteiger partial charge in [0.05, 0.1) is 19.2 Å². The van der Waals surface area contributed by atoms with Gasteiger partial charge in [-0.2, -0.15) is 0 Å². The predicted molar refractivity (Wildman–Crippen MR) is 111 cm³/mol. The molecule has 3 rings (SSSR count). The Bertz CT molecular complexity index is 878. The molecule has 2 aromatic rings. The minimum absolute atomic E-state index is 0.0410. The normalized spacial score (nSPS) is 16.1. The molecule has 0 radical (unpaired) electrons. The Labute approximate surface area is 171 Å². The summed E-state index contributed by atoms with van der Waals surface area (Å²) < 4.78 is 4.95. The van der Waals surface area contributed by atoms with E-state index >= 15 is 0 Å². The lowest BCUT2D eigenvalue weighted by atomic mass is 10.0. The summed E-state index contributed by atoms with van der Waals surface area (Å²) in [6.07, 6.45) is 0. The number of carbonyl (C=O) groups is 2. The average molecular weight is 399 g/mol. The van der Waals surface area contributed by atoms with E-state index < -0.39 is 6.04 Å². The van der Waals surface area contributed by atoms with Crippen LogP contribution in [0.5, 0.6) is 0 Å². The number of piperazine rings is 1. The Morgan fingerprint density at radius 3 is 2.45 bits per heavy atom. The van der Waals surface area contributed by atoms with Gasteiger partial charge in [0.25, 0.3) is 0 Å². The SMILES string of the molecule is COC(=O)[C@@H](Nc1nc(CN2CCN(C(C)=O)CC2)nc2ccccc12)C(C)C. The van der Waals surface area contributed by atoms with Gasteiger partial charge in [0.15, 0.2) is 0 Å². The van der Waals surface area contributed by atoms with Crippen LogP contribution in [-0.2, 0) is 20.9 Å². The number of anilines is 1. The van der Waals surface area contributed by atoms with Crippen LogP contribution in [0.2, 0.25) is 0 Å². The van der Waals surface area contributed by atoms with Gasteiger partial charge in [-0.15, -0.1) is 0 Å². The fraction of sp³-hybridized carbons (Fsp3) is 0.524. The molecule has 1 N–H and O–H groups in total. The number of para-hydroxylation sites is 1. The van der Waals surface area contributed by atoms with E-state index in [1.165, 1.54) is 7.11 Å². The number of carbonyl (C=O) groups excluding carboxylic acids is 2. The summed E-state index contributed by atoms with van der Waals surface area (Å²) in [5.74, 6) is 1.16.